The number of hydrogen-bond acceptors (Lipinski definition) is 1. The molecular formula is C10H10BrIN2O. The zero-order valence-corrected chi connectivity index (χ0v) is 11.6. The van der Waals surface area contributed by atoms with Crippen LogP contribution < -0.4 is 10.6 Å². The minimum Gasteiger partial charge on any atom is -0.335 e. The van der Waals surface area contributed by atoms with Crippen molar-refractivity contribution in [3.05, 3.63) is 26.2 Å². The molecule has 1 aromatic carbocycles. The summed E-state index contributed by atoms with van der Waals surface area (Å²) in [4.78, 5) is 11.4. The Morgan fingerprint density at radius 2 is 2.20 bits per heavy atom. The monoisotopic (exact) mass is 380 g/mol. The molecule has 0 unspecified atom stereocenters. The predicted octanol–water partition coefficient (Wildman–Crippen LogP) is 3.34. The van der Waals surface area contributed by atoms with E-state index < -0.39 is 0 Å². The third-order valence-electron chi connectivity index (χ3n) is 2.09. The van der Waals surface area contributed by atoms with Gasteiger partial charge in [-0.3, -0.25) is 0 Å². The van der Waals surface area contributed by atoms with Crippen LogP contribution in [0.15, 0.2) is 22.7 Å². The molecule has 0 saturated heterocycles. The van der Waals surface area contributed by atoms with Crippen LogP contribution in [0.25, 0.3) is 0 Å². The Bertz CT molecular complexity index is 393. The zero-order valence-electron chi connectivity index (χ0n) is 7.89. The molecule has 80 valence electrons. The molecule has 0 bridgehead atoms. The molecule has 5 heteroatoms. The van der Waals surface area contributed by atoms with Gasteiger partial charge in [-0.25, -0.2) is 4.79 Å². The molecule has 0 aromatic heterocycles. The Balaban J connectivity index is 1.97. The van der Waals surface area contributed by atoms with E-state index in [1.54, 1.807) is 0 Å². The van der Waals surface area contributed by atoms with Crippen molar-refractivity contribution in [3.8, 4) is 0 Å². The lowest BCUT2D eigenvalue weighted by atomic mass is 10.3. The van der Waals surface area contributed by atoms with Gasteiger partial charge in [0.05, 0.1) is 0 Å². The van der Waals surface area contributed by atoms with Crippen molar-refractivity contribution in [2.75, 3.05) is 5.32 Å². The van der Waals surface area contributed by atoms with Crippen molar-refractivity contribution in [3.63, 3.8) is 0 Å². The van der Waals surface area contributed by atoms with Crippen molar-refractivity contribution in [1.82, 2.24) is 5.32 Å². The van der Waals surface area contributed by atoms with Gasteiger partial charge in [0.15, 0.2) is 0 Å². The Labute approximate surface area is 110 Å². The number of anilines is 1. The van der Waals surface area contributed by atoms with Crippen LogP contribution in [0, 0.1) is 3.57 Å². The molecule has 1 aliphatic carbocycles. The second-order valence-corrected chi connectivity index (χ2v) is 5.52. The zero-order chi connectivity index (χ0) is 10.8. The van der Waals surface area contributed by atoms with Crippen LogP contribution >= 0.6 is 38.5 Å². The van der Waals surface area contributed by atoms with Crippen LogP contribution in [-0.2, 0) is 0 Å². The molecule has 15 heavy (non-hydrogen) atoms. The van der Waals surface area contributed by atoms with E-state index in [4.69, 9.17) is 0 Å². The SMILES string of the molecule is O=C(Nc1ccc(Br)c(I)c1)NC1CC1. The summed E-state index contributed by atoms with van der Waals surface area (Å²) in [5.74, 6) is 0. The third-order valence-corrected chi connectivity index (χ3v) is 4.42. The molecule has 1 aliphatic rings. The fourth-order valence-electron chi connectivity index (χ4n) is 1.15. The topological polar surface area (TPSA) is 41.1 Å². The van der Waals surface area contributed by atoms with E-state index >= 15 is 0 Å². The van der Waals surface area contributed by atoms with Crippen LogP contribution in [0.3, 0.4) is 0 Å². The maximum Gasteiger partial charge on any atom is 0.319 e. The van der Waals surface area contributed by atoms with Gasteiger partial charge in [0.1, 0.15) is 0 Å². The lowest BCUT2D eigenvalue weighted by Gasteiger charge is -2.07. The molecule has 0 spiro atoms. The molecule has 0 heterocycles. The highest BCUT2D eigenvalue weighted by molar-refractivity contribution is 14.1. The highest BCUT2D eigenvalue weighted by atomic mass is 127. The standard InChI is InChI=1S/C10H10BrIN2O/c11-8-4-3-7(5-9(8)12)14-10(15)13-6-1-2-6/h3-6H,1-2H2,(H2,13,14,15). The van der Waals surface area contributed by atoms with Gasteiger partial charge < -0.3 is 10.6 Å². The highest BCUT2D eigenvalue weighted by Gasteiger charge is 2.23. The molecule has 2 N–H and O–H groups in total. The maximum atomic E-state index is 11.4. The molecular weight excluding hydrogens is 371 g/mol. The normalized spacial score (nSPS) is 14.8. The van der Waals surface area contributed by atoms with Crippen molar-refractivity contribution in [2.24, 2.45) is 0 Å². The predicted molar refractivity (Wildman–Crippen MR) is 72.0 cm³/mol. The van der Waals surface area contributed by atoms with Crippen molar-refractivity contribution >= 4 is 50.2 Å². The number of carbonyl (C=O) groups excluding carboxylic acids is 1. The Morgan fingerprint density at radius 1 is 1.47 bits per heavy atom. The number of carbonyl (C=O) groups is 1. The van der Waals surface area contributed by atoms with Gasteiger partial charge in [-0.15, -0.1) is 0 Å². The summed E-state index contributed by atoms with van der Waals surface area (Å²) in [5.41, 5.74) is 0.820. The van der Waals surface area contributed by atoms with E-state index in [9.17, 15) is 4.79 Å². The first-order chi connectivity index (χ1) is 7.15. The van der Waals surface area contributed by atoms with Crippen LogP contribution in [0.1, 0.15) is 12.8 Å². The van der Waals surface area contributed by atoms with Crippen molar-refractivity contribution in [2.45, 2.75) is 18.9 Å². The number of urea groups is 1. The average molecular weight is 381 g/mol. The smallest absolute Gasteiger partial charge is 0.319 e. The molecule has 0 radical (unpaired) electrons. The first-order valence-electron chi connectivity index (χ1n) is 4.68. The van der Waals surface area contributed by atoms with E-state index in [1.165, 1.54) is 0 Å². The van der Waals surface area contributed by atoms with Gasteiger partial charge in [0, 0.05) is 19.8 Å². The fourth-order valence-corrected chi connectivity index (χ4v) is 1.92. The Hall–Kier alpha value is -0.300. The molecule has 3 nitrogen and oxygen atoms in total. The van der Waals surface area contributed by atoms with Crippen molar-refractivity contribution in [1.29, 1.82) is 0 Å². The number of rotatable bonds is 2. The lowest BCUT2D eigenvalue weighted by Crippen LogP contribution is -2.30. The van der Waals surface area contributed by atoms with Crippen LogP contribution in [0.5, 0.6) is 0 Å². The largest absolute Gasteiger partial charge is 0.335 e. The van der Waals surface area contributed by atoms with Crippen LogP contribution in [0.4, 0.5) is 10.5 Å². The van der Waals surface area contributed by atoms with Gasteiger partial charge in [0.25, 0.3) is 0 Å². The molecule has 0 aliphatic heterocycles. The van der Waals surface area contributed by atoms with Gasteiger partial charge >= 0.3 is 6.03 Å². The summed E-state index contributed by atoms with van der Waals surface area (Å²) >= 11 is 5.63. The van der Waals surface area contributed by atoms with Gasteiger partial charge in [-0.1, -0.05) is 0 Å². The van der Waals surface area contributed by atoms with E-state index in [0.717, 1.165) is 26.6 Å². The molecule has 1 aromatic rings. The van der Waals surface area contributed by atoms with E-state index in [0.29, 0.717) is 6.04 Å². The van der Waals surface area contributed by atoms with E-state index in [2.05, 4.69) is 49.2 Å². The fraction of sp³-hybridized carbons (Fsp3) is 0.300. The van der Waals surface area contributed by atoms with Crippen LogP contribution in [-0.4, -0.2) is 12.1 Å². The second-order valence-electron chi connectivity index (χ2n) is 3.50. The quantitative estimate of drug-likeness (QED) is 0.759. The average Bonchev–Trinajstić information content (AvgIpc) is 2.95. The minimum absolute atomic E-state index is 0.115. The van der Waals surface area contributed by atoms with Crippen LogP contribution in [0.2, 0.25) is 0 Å². The molecule has 1 fully saturated rings. The summed E-state index contributed by atoms with van der Waals surface area (Å²) < 4.78 is 2.12. The Kier molecular flexibility index (Phi) is 3.50. The highest BCUT2D eigenvalue weighted by Crippen LogP contribution is 2.23. The minimum atomic E-state index is -0.115. The maximum absolute atomic E-state index is 11.4. The summed E-state index contributed by atoms with van der Waals surface area (Å²) in [6.07, 6.45) is 2.20. The van der Waals surface area contributed by atoms with E-state index in [1.807, 2.05) is 18.2 Å². The second kappa shape index (κ2) is 4.69. The summed E-state index contributed by atoms with van der Waals surface area (Å²) in [6, 6.07) is 6.00. The number of benzene rings is 1. The first-order valence-corrected chi connectivity index (χ1v) is 6.55. The third kappa shape index (κ3) is 3.34. The molecule has 0 atom stereocenters. The molecule has 1 saturated carbocycles. The summed E-state index contributed by atoms with van der Waals surface area (Å²) in [7, 11) is 0. The van der Waals surface area contributed by atoms with Gasteiger partial charge in [0.2, 0.25) is 0 Å². The van der Waals surface area contributed by atoms with Crippen molar-refractivity contribution < 1.29 is 4.79 Å². The van der Waals surface area contributed by atoms with Gasteiger partial charge in [-0.2, -0.15) is 0 Å². The summed E-state index contributed by atoms with van der Waals surface area (Å²) in [6.45, 7) is 0. The Morgan fingerprint density at radius 3 is 2.80 bits per heavy atom. The number of halogens is 2. The number of hydrogen-bond donors (Lipinski definition) is 2. The molecule has 2 rings (SSSR count). The number of amides is 2. The lowest BCUT2D eigenvalue weighted by molar-refractivity contribution is 0.251. The number of nitrogens with one attached hydrogen (secondary N) is 2. The van der Waals surface area contributed by atoms with E-state index in [-0.39, 0.29) is 6.03 Å². The first kappa shape index (κ1) is 11.2. The van der Waals surface area contributed by atoms with Gasteiger partial charge in [-0.05, 0) is 69.6 Å². The molecule has 2 amide bonds. The summed E-state index contributed by atoms with van der Waals surface area (Å²) in [5, 5.41) is 5.68.